The van der Waals surface area contributed by atoms with Crippen molar-refractivity contribution in [3.63, 3.8) is 0 Å². The number of ether oxygens (including phenoxy) is 1. The SMILES string of the molecule is CCCCOc1nsc(NCC(=O)O)n1. The van der Waals surface area contributed by atoms with Crippen LogP contribution < -0.4 is 10.1 Å². The van der Waals surface area contributed by atoms with Crippen molar-refractivity contribution in [3.8, 4) is 6.01 Å². The molecule has 1 heterocycles. The summed E-state index contributed by atoms with van der Waals surface area (Å²) in [5.41, 5.74) is 0. The molecule has 0 saturated heterocycles. The number of aliphatic carboxylic acids is 1. The molecule has 0 atom stereocenters. The summed E-state index contributed by atoms with van der Waals surface area (Å²) in [6.45, 7) is 2.49. The first-order valence-electron chi connectivity index (χ1n) is 4.64. The Hall–Kier alpha value is -1.37. The van der Waals surface area contributed by atoms with Crippen LogP contribution in [0.15, 0.2) is 0 Å². The molecule has 0 spiro atoms. The fourth-order valence-corrected chi connectivity index (χ4v) is 1.31. The first kappa shape index (κ1) is 11.7. The molecule has 1 aromatic rings. The number of carboxylic acid groups (broad SMARTS) is 1. The topological polar surface area (TPSA) is 84.3 Å². The standard InChI is InChI=1S/C8H13N3O3S/c1-2-3-4-14-7-10-8(15-11-7)9-5-6(12)13/h2-5H2,1H3,(H,12,13)(H,9,10,11). The van der Waals surface area contributed by atoms with Gasteiger partial charge in [-0.25, -0.2) is 0 Å². The van der Waals surface area contributed by atoms with Gasteiger partial charge in [-0.05, 0) is 6.42 Å². The van der Waals surface area contributed by atoms with Gasteiger partial charge in [0.1, 0.15) is 6.54 Å². The zero-order valence-electron chi connectivity index (χ0n) is 8.39. The predicted octanol–water partition coefficient (Wildman–Crippen LogP) is 1.21. The fourth-order valence-electron chi connectivity index (χ4n) is 0.799. The molecule has 1 aromatic heterocycles. The molecule has 0 aliphatic rings. The quantitative estimate of drug-likeness (QED) is 0.686. The van der Waals surface area contributed by atoms with Crippen LogP contribution >= 0.6 is 11.5 Å². The summed E-state index contributed by atoms with van der Waals surface area (Å²) in [7, 11) is 0. The van der Waals surface area contributed by atoms with Gasteiger partial charge in [-0.2, -0.15) is 4.98 Å². The van der Waals surface area contributed by atoms with Gasteiger partial charge in [0.15, 0.2) is 0 Å². The molecule has 1 rings (SSSR count). The van der Waals surface area contributed by atoms with Gasteiger partial charge in [0.2, 0.25) is 5.13 Å². The Morgan fingerprint density at radius 2 is 2.47 bits per heavy atom. The first-order valence-corrected chi connectivity index (χ1v) is 5.42. The van der Waals surface area contributed by atoms with Gasteiger partial charge >= 0.3 is 12.0 Å². The van der Waals surface area contributed by atoms with E-state index in [0.717, 1.165) is 24.4 Å². The van der Waals surface area contributed by atoms with Crippen LogP contribution in [0.2, 0.25) is 0 Å². The van der Waals surface area contributed by atoms with Gasteiger partial charge in [-0.15, -0.1) is 4.37 Å². The van der Waals surface area contributed by atoms with Crippen molar-refractivity contribution in [1.82, 2.24) is 9.36 Å². The molecule has 2 N–H and O–H groups in total. The molecule has 0 radical (unpaired) electrons. The van der Waals surface area contributed by atoms with Gasteiger partial charge in [0.05, 0.1) is 6.61 Å². The number of nitrogens with one attached hydrogen (secondary N) is 1. The zero-order valence-corrected chi connectivity index (χ0v) is 9.21. The average Bonchev–Trinajstić information content (AvgIpc) is 2.63. The Balaban J connectivity index is 2.32. The van der Waals surface area contributed by atoms with E-state index < -0.39 is 5.97 Å². The monoisotopic (exact) mass is 231 g/mol. The van der Waals surface area contributed by atoms with E-state index in [-0.39, 0.29) is 6.54 Å². The Bertz CT molecular complexity index is 316. The third-order valence-electron chi connectivity index (χ3n) is 1.53. The number of unbranched alkanes of at least 4 members (excludes halogenated alkanes) is 1. The summed E-state index contributed by atoms with van der Waals surface area (Å²) in [4.78, 5) is 14.2. The molecular formula is C8H13N3O3S. The number of aromatic nitrogens is 2. The summed E-state index contributed by atoms with van der Waals surface area (Å²) in [5, 5.41) is 11.5. The van der Waals surface area contributed by atoms with E-state index in [2.05, 4.69) is 21.6 Å². The van der Waals surface area contributed by atoms with E-state index >= 15 is 0 Å². The first-order chi connectivity index (χ1) is 7.22. The molecule has 15 heavy (non-hydrogen) atoms. The van der Waals surface area contributed by atoms with Crippen molar-refractivity contribution < 1.29 is 14.6 Å². The second-order valence-corrected chi connectivity index (χ2v) is 3.58. The van der Waals surface area contributed by atoms with Gasteiger partial charge in [0.25, 0.3) is 0 Å². The third kappa shape index (κ3) is 4.59. The lowest BCUT2D eigenvalue weighted by molar-refractivity contribution is -0.134. The summed E-state index contributed by atoms with van der Waals surface area (Å²) < 4.78 is 9.15. The van der Waals surface area contributed by atoms with Crippen LogP contribution in [-0.4, -0.2) is 33.6 Å². The van der Waals surface area contributed by atoms with Gasteiger partial charge < -0.3 is 15.2 Å². The Morgan fingerprint density at radius 3 is 3.13 bits per heavy atom. The maximum atomic E-state index is 10.3. The van der Waals surface area contributed by atoms with Crippen molar-refractivity contribution in [1.29, 1.82) is 0 Å². The van der Waals surface area contributed by atoms with Crippen LogP contribution in [0.25, 0.3) is 0 Å². The van der Waals surface area contributed by atoms with Crippen LogP contribution in [-0.2, 0) is 4.79 Å². The van der Waals surface area contributed by atoms with E-state index in [1.54, 1.807) is 0 Å². The van der Waals surface area contributed by atoms with Gasteiger partial charge in [-0.3, -0.25) is 4.79 Å². The number of carboxylic acids is 1. The van der Waals surface area contributed by atoms with Crippen molar-refractivity contribution in [2.45, 2.75) is 19.8 Å². The average molecular weight is 231 g/mol. The van der Waals surface area contributed by atoms with E-state index in [4.69, 9.17) is 9.84 Å². The molecule has 0 unspecified atom stereocenters. The molecule has 0 aromatic carbocycles. The number of anilines is 1. The number of hydrogen-bond acceptors (Lipinski definition) is 6. The van der Waals surface area contributed by atoms with Crippen LogP contribution in [0.4, 0.5) is 5.13 Å². The van der Waals surface area contributed by atoms with Crippen LogP contribution in [0.3, 0.4) is 0 Å². The Labute approximate surface area is 91.5 Å². The molecule has 0 aliphatic carbocycles. The molecule has 7 heteroatoms. The zero-order chi connectivity index (χ0) is 11.1. The van der Waals surface area contributed by atoms with E-state index in [9.17, 15) is 4.79 Å². The molecule has 0 amide bonds. The maximum Gasteiger partial charge on any atom is 0.330 e. The minimum atomic E-state index is -0.932. The lowest BCUT2D eigenvalue weighted by Crippen LogP contribution is -2.11. The highest BCUT2D eigenvalue weighted by atomic mass is 32.1. The van der Waals surface area contributed by atoms with Crippen molar-refractivity contribution in [2.24, 2.45) is 0 Å². The summed E-state index contributed by atoms with van der Waals surface area (Å²) in [5.74, 6) is -0.932. The highest BCUT2D eigenvalue weighted by molar-refractivity contribution is 7.09. The fraction of sp³-hybridized carbons (Fsp3) is 0.625. The van der Waals surface area contributed by atoms with E-state index in [1.165, 1.54) is 0 Å². The molecule has 0 bridgehead atoms. The molecule has 0 aliphatic heterocycles. The van der Waals surface area contributed by atoms with Crippen molar-refractivity contribution in [3.05, 3.63) is 0 Å². The minimum Gasteiger partial charge on any atom is -0.480 e. The number of rotatable bonds is 7. The minimum absolute atomic E-state index is 0.163. The number of carbonyl (C=O) groups is 1. The highest BCUT2D eigenvalue weighted by Gasteiger charge is 2.05. The molecule has 0 saturated carbocycles. The lowest BCUT2D eigenvalue weighted by Gasteiger charge is -1.98. The largest absolute Gasteiger partial charge is 0.480 e. The number of nitrogens with zero attached hydrogens (tertiary/aromatic N) is 2. The molecule has 84 valence electrons. The highest BCUT2D eigenvalue weighted by Crippen LogP contribution is 2.15. The second kappa shape index (κ2) is 6.18. The normalized spacial score (nSPS) is 9.93. The molecule has 0 fully saturated rings. The van der Waals surface area contributed by atoms with Gasteiger partial charge in [0, 0.05) is 11.5 Å². The van der Waals surface area contributed by atoms with Crippen molar-refractivity contribution >= 4 is 22.6 Å². The molecule has 6 nitrogen and oxygen atoms in total. The lowest BCUT2D eigenvalue weighted by atomic mass is 10.4. The maximum absolute atomic E-state index is 10.3. The van der Waals surface area contributed by atoms with E-state index in [1.807, 2.05) is 0 Å². The smallest absolute Gasteiger partial charge is 0.330 e. The summed E-state index contributed by atoms with van der Waals surface area (Å²) in [6.07, 6.45) is 2.01. The second-order valence-electron chi connectivity index (χ2n) is 2.83. The third-order valence-corrected chi connectivity index (χ3v) is 2.18. The van der Waals surface area contributed by atoms with Crippen molar-refractivity contribution in [2.75, 3.05) is 18.5 Å². The predicted molar refractivity (Wildman–Crippen MR) is 56.4 cm³/mol. The Morgan fingerprint density at radius 1 is 1.67 bits per heavy atom. The van der Waals surface area contributed by atoms with E-state index in [0.29, 0.717) is 17.7 Å². The summed E-state index contributed by atoms with van der Waals surface area (Å²) >= 11 is 1.09. The number of hydrogen-bond donors (Lipinski definition) is 2. The van der Waals surface area contributed by atoms with Crippen LogP contribution in [0.1, 0.15) is 19.8 Å². The van der Waals surface area contributed by atoms with Crippen LogP contribution in [0, 0.1) is 0 Å². The van der Waals surface area contributed by atoms with Gasteiger partial charge in [-0.1, -0.05) is 13.3 Å². The summed E-state index contributed by atoms with van der Waals surface area (Å²) in [6, 6.07) is 0.307. The molecular weight excluding hydrogens is 218 g/mol. The Kier molecular flexibility index (Phi) is 4.82. The van der Waals surface area contributed by atoms with Crippen LogP contribution in [0.5, 0.6) is 6.01 Å².